The minimum Gasteiger partial charge on any atom is -0.462 e. The van der Waals surface area contributed by atoms with Crippen LogP contribution in [-0.4, -0.2) is 37.2 Å². The monoisotopic (exact) mass is 1030 g/mol. The first-order chi connectivity index (χ1) is 36.5. The van der Waals surface area contributed by atoms with Gasteiger partial charge in [0, 0.05) is 19.3 Å². The van der Waals surface area contributed by atoms with Crippen molar-refractivity contribution in [2.24, 2.45) is 0 Å². The van der Waals surface area contributed by atoms with Crippen molar-refractivity contribution >= 4 is 17.9 Å². The van der Waals surface area contributed by atoms with Gasteiger partial charge in [-0.25, -0.2) is 0 Å². The zero-order valence-corrected chi connectivity index (χ0v) is 49.1. The van der Waals surface area contributed by atoms with Gasteiger partial charge in [-0.1, -0.05) is 306 Å². The summed E-state index contributed by atoms with van der Waals surface area (Å²) in [5.74, 6) is -0.898. The molecule has 428 valence electrons. The van der Waals surface area contributed by atoms with Crippen molar-refractivity contribution in [3.05, 3.63) is 72.9 Å². The number of esters is 3. The molecule has 0 amide bonds. The van der Waals surface area contributed by atoms with Crippen molar-refractivity contribution in [1.82, 2.24) is 0 Å². The second-order valence-corrected chi connectivity index (χ2v) is 21.3. The minimum atomic E-state index is -0.786. The molecule has 0 aliphatic carbocycles. The third-order valence-corrected chi connectivity index (χ3v) is 14.0. The van der Waals surface area contributed by atoms with E-state index >= 15 is 0 Å². The number of unbranched alkanes of at least 4 members (excludes halogenated alkanes) is 35. The first-order valence-electron chi connectivity index (χ1n) is 31.9. The maximum Gasteiger partial charge on any atom is 0.306 e. The maximum atomic E-state index is 12.9. The van der Waals surface area contributed by atoms with E-state index in [1.54, 1.807) is 0 Å². The molecule has 0 aliphatic rings. The van der Waals surface area contributed by atoms with Crippen molar-refractivity contribution < 1.29 is 28.6 Å². The number of rotatable bonds is 58. The normalized spacial score (nSPS) is 12.5. The minimum absolute atomic E-state index is 0.0823. The Morgan fingerprint density at radius 3 is 0.824 bits per heavy atom. The zero-order chi connectivity index (χ0) is 53.6. The largest absolute Gasteiger partial charge is 0.462 e. The molecule has 0 saturated carbocycles. The summed E-state index contributed by atoms with van der Waals surface area (Å²) in [6.45, 7) is 6.51. The number of hydrogen-bond donors (Lipinski definition) is 0. The highest BCUT2D eigenvalue weighted by Gasteiger charge is 2.19. The average Bonchev–Trinajstić information content (AvgIpc) is 3.40. The molecule has 0 bridgehead atoms. The van der Waals surface area contributed by atoms with Crippen molar-refractivity contribution in [3.8, 4) is 0 Å². The van der Waals surface area contributed by atoms with Gasteiger partial charge in [-0.15, -0.1) is 0 Å². The number of hydrogen-bond acceptors (Lipinski definition) is 6. The van der Waals surface area contributed by atoms with Crippen molar-refractivity contribution in [2.75, 3.05) is 13.2 Å². The standard InChI is InChI=1S/C68H120O6/c1-4-7-10-13-16-19-21-23-25-27-29-31-33-34-36-37-39-41-43-45-47-49-52-55-58-61-67(70)73-64-65(63-72-66(69)60-57-54-51-18-15-12-9-6-3)74-68(71)62-59-56-53-50-48-46-44-42-40-38-35-32-30-28-26-24-22-20-17-14-11-8-5-2/h8,11,17,20,24,26,30,32,38,40,44,46,65H,4-7,9-10,12-16,18-19,21-23,25,27-29,31,33-37,39,41-43,45,47-64H2,1-3H3/b11-8-,20-17-,26-24-,32-30-,40-38-,46-44-. The van der Waals surface area contributed by atoms with Gasteiger partial charge in [-0.05, 0) is 70.6 Å². The molecule has 74 heavy (non-hydrogen) atoms. The summed E-state index contributed by atoms with van der Waals surface area (Å²) in [7, 11) is 0. The number of ether oxygens (including phenoxy) is 3. The van der Waals surface area contributed by atoms with Gasteiger partial charge < -0.3 is 14.2 Å². The quantitative estimate of drug-likeness (QED) is 0.0261. The van der Waals surface area contributed by atoms with Crippen LogP contribution in [-0.2, 0) is 28.6 Å². The van der Waals surface area contributed by atoms with Gasteiger partial charge in [0.1, 0.15) is 13.2 Å². The molecule has 0 radical (unpaired) electrons. The van der Waals surface area contributed by atoms with E-state index in [0.717, 1.165) is 109 Å². The first kappa shape index (κ1) is 70.8. The molecule has 0 N–H and O–H groups in total. The van der Waals surface area contributed by atoms with E-state index < -0.39 is 6.10 Å². The molecule has 0 aromatic rings. The number of carbonyl (C=O) groups excluding carboxylic acids is 3. The van der Waals surface area contributed by atoms with E-state index in [1.807, 2.05) is 0 Å². The molecule has 0 heterocycles. The smallest absolute Gasteiger partial charge is 0.306 e. The molecule has 0 fully saturated rings. The topological polar surface area (TPSA) is 78.9 Å². The van der Waals surface area contributed by atoms with Crippen LogP contribution >= 0.6 is 0 Å². The van der Waals surface area contributed by atoms with Crippen molar-refractivity contribution in [2.45, 2.75) is 329 Å². The molecule has 0 aliphatic heterocycles. The van der Waals surface area contributed by atoms with Gasteiger partial charge in [-0.3, -0.25) is 14.4 Å². The summed E-state index contributed by atoms with van der Waals surface area (Å²) in [5, 5.41) is 0. The predicted octanol–water partition coefficient (Wildman–Crippen LogP) is 21.7. The van der Waals surface area contributed by atoms with Crippen LogP contribution in [0.1, 0.15) is 323 Å². The van der Waals surface area contributed by atoms with Gasteiger partial charge in [0.15, 0.2) is 6.10 Å². The van der Waals surface area contributed by atoms with Crippen LogP contribution in [0.25, 0.3) is 0 Å². The lowest BCUT2D eigenvalue weighted by Gasteiger charge is -2.18. The second kappa shape index (κ2) is 62.4. The van der Waals surface area contributed by atoms with E-state index in [2.05, 4.69) is 93.7 Å². The Balaban J connectivity index is 4.20. The molecule has 6 nitrogen and oxygen atoms in total. The Morgan fingerprint density at radius 2 is 0.527 bits per heavy atom. The molecule has 0 aromatic heterocycles. The maximum absolute atomic E-state index is 12.9. The van der Waals surface area contributed by atoms with E-state index in [0.29, 0.717) is 19.3 Å². The molecular formula is C68H120O6. The van der Waals surface area contributed by atoms with Gasteiger partial charge in [0.2, 0.25) is 0 Å². The first-order valence-corrected chi connectivity index (χ1v) is 31.9. The number of carbonyl (C=O) groups is 3. The van der Waals surface area contributed by atoms with Crippen molar-refractivity contribution in [1.29, 1.82) is 0 Å². The van der Waals surface area contributed by atoms with E-state index in [-0.39, 0.29) is 31.1 Å². The van der Waals surface area contributed by atoms with Crippen LogP contribution in [0, 0.1) is 0 Å². The Morgan fingerprint density at radius 1 is 0.284 bits per heavy atom. The fourth-order valence-corrected chi connectivity index (χ4v) is 9.21. The lowest BCUT2D eigenvalue weighted by atomic mass is 10.0. The fourth-order valence-electron chi connectivity index (χ4n) is 9.21. The Hall–Kier alpha value is -3.15. The third-order valence-electron chi connectivity index (χ3n) is 14.0. The van der Waals surface area contributed by atoms with Gasteiger partial charge in [0.25, 0.3) is 0 Å². The molecule has 1 atom stereocenters. The predicted molar refractivity (Wildman–Crippen MR) is 321 cm³/mol. The van der Waals surface area contributed by atoms with Crippen LogP contribution in [0.3, 0.4) is 0 Å². The summed E-state index contributed by atoms with van der Waals surface area (Å²) in [6, 6.07) is 0. The van der Waals surface area contributed by atoms with Gasteiger partial charge in [0.05, 0.1) is 0 Å². The second-order valence-electron chi connectivity index (χ2n) is 21.3. The van der Waals surface area contributed by atoms with E-state index in [1.165, 1.54) is 173 Å². The van der Waals surface area contributed by atoms with Crippen molar-refractivity contribution in [3.63, 3.8) is 0 Å². The highest BCUT2D eigenvalue weighted by molar-refractivity contribution is 5.71. The lowest BCUT2D eigenvalue weighted by Crippen LogP contribution is -2.30. The summed E-state index contributed by atoms with van der Waals surface area (Å²) < 4.78 is 16.8. The average molecular weight is 1030 g/mol. The molecule has 0 aromatic carbocycles. The summed E-state index contributed by atoms with van der Waals surface area (Å²) >= 11 is 0. The molecule has 6 heteroatoms. The SMILES string of the molecule is CC/C=C\C/C=C\C/C=C\C/C=C\C/C=C\C/C=C\CCCCCCC(=O)OC(COC(=O)CCCCCCCCCC)COC(=O)CCCCCCCCCCCCCCCCCCCCCCCCCCC. The zero-order valence-electron chi connectivity index (χ0n) is 49.1. The van der Waals surface area contributed by atoms with Crippen LogP contribution in [0.4, 0.5) is 0 Å². The highest BCUT2D eigenvalue weighted by atomic mass is 16.6. The van der Waals surface area contributed by atoms with E-state index in [4.69, 9.17) is 14.2 Å². The Kier molecular flexibility index (Phi) is 59.7. The van der Waals surface area contributed by atoms with Crippen LogP contribution in [0.2, 0.25) is 0 Å². The fraction of sp³-hybridized carbons (Fsp3) is 0.779. The Bertz CT molecular complexity index is 1370. The molecular weight excluding hydrogens is 913 g/mol. The number of allylic oxidation sites excluding steroid dienone is 12. The third kappa shape index (κ3) is 59.7. The van der Waals surface area contributed by atoms with Gasteiger partial charge in [-0.2, -0.15) is 0 Å². The summed E-state index contributed by atoms with van der Waals surface area (Å²) in [6.07, 6.45) is 80.8. The highest BCUT2D eigenvalue weighted by Crippen LogP contribution is 2.17. The summed E-state index contributed by atoms with van der Waals surface area (Å²) in [4.78, 5) is 38.1. The Labute approximate surface area is 459 Å². The summed E-state index contributed by atoms with van der Waals surface area (Å²) in [5.41, 5.74) is 0. The van der Waals surface area contributed by atoms with Gasteiger partial charge >= 0.3 is 17.9 Å². The molecule has 1 unspecified atom stereocenters. The molecule has 0 spiro atoms. The van der Waals surface area contributed by atoms with Crippen LogP contribution in [0.15, 0.2) is 72.9 Å². The lowest BCUT2D eigenvalue weighted by molar-refractivity contribution is -0.167. The van der Waals surface area contributed by atoms with Crippen LogP contribution in [0.5, 0.6) is 0 Å². The molecule has 0 rings (SSSR count). The van der Waals surface area contributed by atoms with E-state index in [9.17, 15) is 14.4 Å². The van der Waals surface area contributed by atoms with Crippen LogP contribution < -0.4 is 0 Å². The molecule has 0 saturated heterocycles.